The minimum atomic E-state index is 0.571. The van der Waals surface area contributed by atoms with Gasteiger partial charge in [-0.25, -0.2) is 9.69 Å². The molecule has 3 aromatic heterocycles. The molecule has 0 aliphatic heterocycles. The average Bonchev–Trinajstić information content (AvgIpc) is 3.89. The topological polar surface area (TPSA) is 23.5 Å². The molecule has 0 fully saturated rings. The van der Waals surface area contributed by atoms with E-state index >= 15 is 0 Å². The summed E-state index contributed by atoms with van der Waals surface area (Å²) in [6.07, 6.45) is 0. The molecule has 3 heterocycles. The molecule has 8 aromatic carbocycles. The second-order valence-corrected chi connectivity index (χ2v) is 14.0. The van der Waals surface area contributed by atoms with Gasteiger partial charge < -0.3 is 13.7 Å². The van der Waals surface area contributed by atoms with Crippen LogP contribution in [0.1, 0.15) is 0 Å². The van der Waals surface area contributed by atoms with Gasteiger partial charge >= 0.3 is 0 Å². The largest absolute Gasteiger partial charge is 0.311 e. The summed E-state index contributed by atoms with van der Waals surface area (Å²) < 4.78 is 6.93. The van der Waals surface area contributed by atoms with Crippen LogP contribution in [-0.4, -0.2) is 13.7 Å². The standard InChI is InChI=1S/C50H29N5/c1-51-34-21-25-49-43(30-34)41-13-5-10-18-48(41)55(49)38-28-33(27-35(29-38)52-2)32-19-22-36(23-20-32)53-47-17-9-6-14-42(47)44-31-37(24-26-50(44)53)54-45-15-7-3-11-39(45)40-12-4-8-16-46(40)54/h3-31H. The molecule has 11 rings (SSSR count). The van der Waals surface area contributed by atoms with E-state index in [2.05, 4.69) is 157 Å². The van der Waals surface area contributed by atoms with Crippen molar-refractivity contribution in [2.45, 2.75) is 0 Å². The van der Waals surface area contributed by atoms with E-state index in [1.807, 2.05) is 42.5 Å². The highest BCUT2D eigenvalue weighted by molar-refractivity contribution is 6.13. The summed E-state index contributed by atoms with van der Waals surface area (Å²) in [5, 5.41) is 7.00. The van der Waals surface area contributed by atoms with Crippen LogP contribution in [0.3, 0.4) is 0 Å². The van der Waals surface area contributed by atoms with Crippen LogP contribution in [0.15, 0.2) is 176 Å². The minimum absolute atomic E-state index is 0.571. The number of para-hydroxylation sites is 4. The molecule has 0 aliphatic carbocycles. The van der Waals surface area contributed by atoms with Gasteiger partial charge in [-0.2, -0.15) is 0 Å². The Morgan fingerprint density at radius 2 is 0.727 bits per heavy atom. The molecule has 0 spiro atoms. The molecule has 0 unspecified atom stereocenters. The van der Waals surface area contributed by atoms with Crippen molar-refractivity contribution in [1.82, 2.24) is 13.7 Å². The number of nitrogens with zero attached hydrogens (tertiary/aromatic N) is 5. The van der Waals surface area contributed by atoms with Crippen LogP contribution in [0.5, 0.6) is 0 Å². The summed E-state index contributed by atoms with van der Waals surface area (Å²) in [6.45, 7) is 15.6. The first-order valence-electron chi connectivity index (χ1n) is 18.2. The Kier molecular flexibility index (Phi) is 6.61. The van der Waals surface area contributed by atoms with Gasteiger partial charge in [-0.05, 0) is 101 Å². The van der Waals surface area contributed by atoms with Crippen LogP contribution in [0.4, 0.5) is 11.4 Å². The Hall–Kier alpha value is -7.86. The van der Waals surface area contributed by atoms with Crippen LogP contribution in [-0.2, 0) is 0 Å². The first-order valence-corrected chi connectivity index (χ1v) is 18.2. The molecule has 5 nitrogen and oxygen atoms in total. The Labute approximate surface area is 316 Å². The summed E-state index contributed by atoms with van der Waals surface area (Å²) in [5.74, 6) is 0. The normalized spacial score (nSPS) is 11.6. The van der Waals surface area contributed by atoms with Crippen molar-refractivity contribution < 1.29 is 0 Å². The van der Waals surface area contributed by atoms with Gasteiger partial charge in [0.25, 0.3) is 0 Å². The van der Waals surface area contributed by atoms with Crippen molar-refractivity contribution in [3.63, 3.8) is 0 Å². The summed E-state index contributed by atoms with van der Waals surface area (Å²) in [5.41, 5.74) is 13.0. The van der Waals surface area contributed by atoms with Crippen molar-refractivity contribution in [1.29, 1.82) is 0 Å². The number of rotatable bonds is 4. The van der Waals surface area contributed by atoms with E-state index in [-0.39, 0.29) is 0 Å². The van der Waals surface area contributed by atoms with Gasteiger partial charge in [0.1, 0.15) is 0 Å². The molecule has 5 heteroatoms. The van der Waals surface area contributed by atoms with Gasteiger partial charge in [0.05, 0.1) is 46.2 Å². The lowest BCUT2D eigenvalue weighted by molar-refractivity contribution is 1.16. The number of benzene rings is 8. The fourth-order valence-electron chi connectivity index (χ4n) is 8.65. The zero-order valence-corrected chi connectivity index (χ0v) is 29.5. The molecule has 0 bridgehead atoms. The van der Waals surface area contributed by atoms with Crippen LogP contribution < -0.4 is 0 Å². The average molecular weight is 700 g/mol. The SMILES string of the molecule is [C-]#[N+]c1cc(-c2ccc(-n3c4ccccc4c4cc(-n5c6ccccc6c6ccccc65)ccc43)cc2)cc(-n2c3ccccc3c3cc([N+]#[C-])ccc32)c1. The van der Waals surface area contributed by atoms with E-state index < -0.39 is 0 Å². The summed E-state index contributed by atoms with van der Waals surface area (Å²) in [4.78, 5) is 7.57. The second kappa shape index (κ2) is 11.8. The third kappa shape index (κ3) is 4.58. The van der Waals surface area contributed by atoms with Gasteiger partial charge in [-0.15, -0.1) is 0 Å². The maximum atomic E-state index is 8.00. The molecule has 0 saturated heterocycles. The molecule has 0 amide bonds. The number of hydrogen-bond acceptors (Lipinski definition) is 0. The molecule has 0 N–H and O–H groups in total. The number of hydrogen-bond donors (Lipinski definition) is 0. The zero-order valence-electron chi connectivity index (χ0n) is 29.5. The van der Waals surface area contributed by atoms with Crippen LogP contribution in [0, 0.1) is 13.1 Å². The van der Waals surface area contributed by atoms with Gasteiger partial charge in [-0.1, -0.05) is 91.0 Å². The van der Waals surface area contributed by atoms with Crippen molar-refractivity contribution >= 4 is 76.8 Å². The smallest absolute Gasteiger partial charge is 0.189 e. The maximum Gasteiger partial charge on any atom is 0.189 e. The molecular weight excluding hydrogens is 671 g/mol. The van der Waals surface area contributed by atoms with Gasteiger partial charge in [0.15, 0.2) is 11.4 Å². The fourth-order valence-corrected chi connectivity index (χ4v) is 8.65. The van der Waals surface area contributed by atoms with Crippen LogP contribution >= 0.6 is 0 Å². The van der Waals surface area contributed by atoms with E-state index in [1.54, 1.807) is 0 Å². The third-order valence-electron chi connectivity index (χ3n) is 11.0. The third-order valence-corrected chi connectivity index (χ3v) is 11.0. The fraction of sp³-hybridized carbons (Fsp3) is 0. The molecule has 0 radical (unpaired) electrons. The van der Waals surface area contributed by atoms with Crippen molar-refractivity contribution in [2.24, 2.45) is 0 Å². The van der Waals surface area contributed by atoms with Crippen molar-refractivity contribution in [2.75, 3.05) is 0 Å². The monoisotopic (exact) mass is 699 g/mol. The van der Waals surface area contributed by atoms with E-state index in [0.717, 1.165) is 61.0 Å². The predicted octanol–water partition coefficient (Wildman–Crippen LogP) is 13.7. The molecule has 254 valence electrons. The lowest BCUT2D eigenvalue weighted by Crippen LogP contribution is -1.96. The van der Waals surface area contributed by atoms with Gasteiger partial charge in [-0.3, -0.25) is 0 Å². The molecule has 0 saturated carbocycles. The molecule has 0 aliphatic rings. The van der Waals surface area contributed by atoms with Crippen LogP contribution in [0.2, 0.25) is 0 Å². The first-order chi connectivity index (χ1) is 27.2. The molecule has 0 atom stereocenters. The molecular formula is C50H29N5. The van der Waals surface area contributed by atoms with Crippen molar-refractivity contribution in [3.05, 3.63) is 199 Å². The summed E-state index contributed by atoms with van der Waals surface area (Å²) >= 11 is 0. The predicted molar refractivity (Wildman–Crippen MR) is 227 cm³/mol. The zero-order chi connectivity index (χ0) is 36.6. The Morgan fingerprint density at radius 1 is 0.291 bits per heavy atom. The Bertz CT molecular complexity index is 3400. The van der Waals surface area contributed by atoms with E-state index in [4.69, 9.17) is 13.1 Å². The minimum Gasteiger partial charge on any atom is -0.311 e. The summed E-state index contributed by atoms with van der Waals surface area (Å²) in [7, 11) is 0. The Morgan fingerprint density at radius 3 is 1.29 bits per heavy atom. The number of aromatic nitrogens is 3. The summed E-state index contributed by atoms with van der Waals surface area (Å²) in [6, 6.07) is 61.6. The molecule has 55 heavy (non-hydrogen) atoms. The molecule has 11 aromatic rings. The maximum absolute atomic E-state index is 8.00. The lowest BCUT2D eigenvalue weighted by atomic mass is 10.0. The van der Waals surface area contributed by atoms with Crippen LogP contribution in [0.25, 0.3) is 103 Å². The van der Waals surface area contributed by atoms with E-state index in [0.29, 0.717) is 11.4 Å². The highest BCUT2D eigenvalue weighted by Gasteiger charge is 2.18. The first kappa shape index (κ1) is 30.7. The van der Waals surface area contributed by atoms with Gasteiger partial charge in [0.2, 0.25) is 0 Å². The van der Waals surface area contributed by atoms with Crippen molar-refractivity contribution in [3.8, 4) is 28.2 Å². The van der Waals surface area contributed by atoms with Gasteiger partial charge in [0, 0.05) is 44.0 Å². The lowest BCUT2D eigenvalue weighted by Gasteiger charge is -2.13. The number of fused-ring (bicyclic) bond motifs is 9. The van der Waals surface area contributed by atoms with E-state index in [9.17, 15) is 0 Å². The quantitative estimate of drug-likeness (QED) is 0.163. The Balaban J connectivity index is 1.04. The van der Waals surface area contributed by atoms with E-state index in [1.165, 1.54) is 32.6 Å². The highest BCUT2D eigenvalue weighted by atomic mass is 15.0. The highest BCUT2D eigenvalue weighted by Crippen LogP contribution is 2.39. The second-order valence-electron chi connectivity index (χ2n) is 14.0.